The molecule has 0 aromatic carbocycles. The van der Waals surface area contributed by atoms with E-state index in [4.69, 9.17) is 0 Å². The summed E-state index contributed by atoms with van der Waals surface area (Å²) in [7, 11) is 3.47. The molecule has 0 bridgehead atoms. The van der Waals surface area contributed by atoms with Crippen LogP contribution in [0.2, 0.25) is 0 Å². The van der Waals surface area contributed by atoms with Crippen molar-refractivity contribution in [2.75, 3.05) is 33.7 Å². The molecular formula is C14H29IN4O. The summed E-state index contributed by atoms with van der Waals surface area (Å²) in [6, 6.07) is 0. The Hall–Kier alpha value is -0.530. The second kappa shape index (κ2) is 8.69. The normalized spacial score (nSPS) is 17.4. The van der Waals surface area contributed by atoms with Gasteiger partial charge in [-0.25, -0.2) is 0 Å². The Morgan fingerprint density at radius 2 is 1.90 bits per heavy atom. The van der Waals surface area contributed by atoms with Crippen LogP contribution >= 0.6 is 24.0 Å². The lowest BCUT2D eigenvalue weighted by Crippen LogP contribution is -2.50. The molecule has 0 saturated carbocycles. The molecule has 1 aliphatic rings. The van der Waals surface area contributed by atoms with Crippen LogP contribution in [0.4, 0.5) is 0 Å². The van der Waals surface area contributed by atoms with E-state index in [1.807, 2.05) is 13.8 Å². The number of amides is 1. The van der Waals surface area contributed by atoms with Crippen LogP contribution in [0.25, 0.3) is 0 Å². The largest absolute Gasteiger partial charge is 0.359 e. The Morgan fingerprint density at radius 1 is 1.35 bits per heavy atom. The van der Waals surface area contributed by atoms with Crippen LogP contribution in [0.3, 0.4) is 0 Å². The molecule has 0 unspecified atom stereocenters. The smallest absolute Gasteiger partial charge is 0.227 e. The van der Waals surface area contributed by atoms with E-state index in [-0.39, 0.29) is 29.9 Å². The molecular weight excluding hydrogens is 367 g/mol. The molecule has 6 heteroatoms. The third-order valence-electron chi connectivity index (χ3n) is 3.83. The number of hydrogen-bond acceptors (Lipinski definition) is 2. The Labute approximate surface area is 140 Å². The maximum atomic E-state index is 11.7. The van der Waals surface area contributed by atoms with E-state index in [2.05, 4.69) is 27.4 Å². The second-order valence-corrected chi connectivity index (χ2v) is 6.03. The average molecular weight is 396 g/mol. The first-order valence-corrected chi connectivity index (χ1v) is 7.08. The summed E-state index contributed by atoms with van der Waals surface area (Å²) in [5.41, 5.74) is -0.437. The van der Waals surface area contributed by atoms with Gasteiger partial charge in [-0.2, -0.15) is 0 Å². The highest BCUT2D eigenvalue weighted by atomic mass is 127. The van der Waals surface area contributed by atoms with E-state index in [0.717, 1.165) is 25.0 Å². The van der Waals surface area contributed by atoms with Crippen molar-refractivity contribution in [3.63, 3.8) is 0 Å². The molecule has 0 aromatic rings. The van der Waals surface area contributed by atoms with E-state index in [9.17, 15) is 4.79 Å². The van der Waals surface area contributed by atoms with Crippen molar-refractivity contribution in [3.05, 3.63) is 0 Å². The maximum absolute atomic E-state index is 11.7. The molecule has 0 spiro atoms. The zero-order valence-corrected chi connectivity index (χ0v) is 15.7. The fourth-order valence-corrected chi connectivity index (χ4v) is 2.27. The zero-order valence-electron chi connectivity index (χ0n) is 13.3. The molecule has 1 fully saturated rings. The van der Waals surface area contributed by atoms with Gasteiger partial charge in [0.05, 0.1) is 5.41 Å². The van der Waals surface area contributed by atoms with E-state index in [1.165, 1.54) is 12.8 Å². The van der Waals surface area contributed by atoms with Crippen LogP contribution < -0.4 is 10.6 Å². The minimum absolute atomic E-state index is 0. The van der Waals surface area contributed by atoms with E-state index >= 15 is 0 Å². The van der Waals surface area contributed by atoms with Crippen molar-refractivity contribution >= 4 is 35.8 Å². The van der Waals surface area contributed by atoms with E-state index in [0.29, 0.717) is 6.54 Å². The van der Waals surface area contributed by atoms with E-state index in [1.54, 1.807) is 14.1 Å². The van der Waals surface area contributed by atoms with Gasteiger partial charge in [-0.3, -0.25) is 9.79 Å². The number of carbonyl (C=O) groups excluding carboxylic acids is 1. The van der Waals surface area contributed by atoms with Gasteiger partial charge >= 0.3 is 0 Å². The van der Waals surface area contributed by atoms with Crippen LogP contribution in [0.1, 0.15) is 33.6 Å². The number of carbonyl (C=O) groups is 1. The molecule has 1 aliphatic heterocycles. The standard InChI is InChI=1S/C14H28N4O.HI/c1-11-6-8-18(9-7-11)13(16-5)17-10-14(2,3)12(19)15-4;/h11H,6-10H2,1-5H3,(H,15,19)(H,16,17);1H. The van der Waals surface area contributed by atoms with Crippen LogP contribution in [0.5, 0.6) is 0 Å². The van der Waals surface area contributed by atoms with Crippen molar-refractivity contribution in [1.29, 1.82) is 0 Å². The first kappa shape index (κ1) is 19.5. The number of aliphatic imine (C=N–C) groups is 1. The average Bonchev–Trinajstić information content (AvgIpc) is 2.40. The van der Waals surface area contributed by atoms with Gasteiger partial charge in [0.15, 0.2) is 5.96 Å². The number of nitrogens with one attached hydrogen (secondary N) is 2. The van der Waals surface area contributed by atoms with Gasteiger partial charge in [0.25, 0.3) is 0 Å². The van der Waals surface area contributed by atoms with Gasteiger partial charge in [0, 0.05) is 33.7 Å². The molecule has 2 N–H and O–H groups in total. The first-order chi connectivity index (χ1) is 8.90. The Kier molecular flexibility index (Phi) is 8.46. The summed E-state index contributed by atoms with van der Waals surface area (Å²) in [5.74, 6) is 1.75. The molecule has 20 heavy (non-hydrogen) atoms. The number of rotatable bonds is 3. The van der Waals surface area contributed by atoms with Gasteiger partial charge in [-0.05, 0) is 32.6 Å². The second-order valence-electron chi connectivity index (χ2n) is 6.03. The monoisotopic (exact) mass is 396 g/mol. The van der Waals surface area contributed by atoms with Gasteiger partial charge in [-0.15, -0.1) is 24.0 Å². The SMILES string of the molecule is CN=C(NCC(C)(C)C(=O)NC)N1CCC(C)CC1.I. The predicted molar refractivity (Wildman–Crippen MR) is 94.6 cm³/mol. The summed E-state index contributed by atoms with van der Waals surface area (Å²) < 4.78 is 0. The quantitative estimate of drug-likeness (QED) is 0.434. The molecule has 1 amide bonds. The van der Waals surface area contributed by atoms with Crippen molar-refractivity contribution in [3.8, 4) is 0 Å². The number of hydrogen-bond donors (Lipinski definition) is 2. The molecule has 5 nitrogen and oxygen atoms in total. The summed E-state index contributed by atoms with van der Waals surface area (Å²) in [6.07, 6.45) is 2.42. The lowest BCUT2D eigenvalue weighted by Gasteiger charge is -2.34. The first-order valence-electron chi connectivity index (χ1n) is 7.08. The van der Waals surface area contributed by atoms with Crippen LogP contribution in [0.15, 0.2) is 4.99 Å². The van der Waals surface area contributed by atoms with Crippen molar-refractivity contribution in [2.24, 2.45) is 16.3 Å². The number of guanidine groups is 1. The molecule has 0 aromatic heterocycles. The van der Waals surface area contributed by atoms with Gasteiger partial charge in [-0.1, -0.05) is 6.92 Å². The minimum atomic E-state index is -0.437. The maximum Gasteiger partial charge on any atom is 0.227 e. The minimum Gasteiger partial charge on any atom is -0.359 e. The van der Waals surface area contributed by atoms with Crippen molar-refractivity contribution in [2.45, 2.75) is 33.6 Å². The predicted octanol–water partition coefficient (Wildman–Crippen LogP) is 1.68. The molecule has 1 rings (SSSR count). The highest BCUT2D eigenvalue weighted by Gasteiger charge is 2.27. The molecule has 118 valence electrons. The van der Waals surface area contributed by atoms with Crippen LogP contribution in [-0.2, 0) is 4.79 Å². The number of likely N-dealkylation sites (tertiary alicyclic amines) is 1. The number of nitrogens with zero attached hydrogens (tertiary/aromatic N) is 2. The van der Waals surface area contributed by atoms with E-state index < -0.39 is 5.41 Å². The number of halogens is 1. The van der Waals surface area contributed by atoms with Crippen molar-refractivity contribution < 1.29 is 4.79 Å². The molecule has 0 radical (unpaired) electrons. The zero-order chi connectivity index (χ0) is 14.5. The van der Waals surface area contributed by atoms with Gasteiger partial charge in [0.1, 0.15) is 0 Å². The highest BCUT2D eigenvalue weighted by molar-refractivity contribution is 14.0. The van der Waals surface area contributed by atoms with Crippen LogP contribution in [0, 0.1) is 11.3 Å². The Morgan fingerprint density at radius 3 is 2.35 bits per heavy atom. The third kappa shape index (κ3) is 5.46. The lowest BCUT2D eigenvalue weighted by atomic mass is 9.92. The summed E-state index contributed by atoms with van der Waals surface area (Å²) in [4.78, 5) is 18.4. The summed E-state index contributed by atoms with van der Waals surface area (Å²) in [5, 5.41) is 6.02. The molecule has 0 atom stereocenters. The van der Waals surface area contributed by atoms with Crippen molar-refractivity contribution in [1.82, 2.24) is 15.5 Å². The fraction of sp³-hybridized carbons (Fsp3) is 0.857. The Balaban J connectivity index is 0.00000361. The molecule has 0 aliphatic carbocycles. The molecule has 1 heterocycles. The Bertz CT molecular complexity index is 336. The third-order valence-corrected chi connectivity index (χ3v) is 3.83. The fourth-order valence-electron chi connectivity index (χ4n) is 2.27. The summed E-state index contributed by atoms with van der Waals surface area (Å²) >= 11 is 0. The lowest BCUT2D eigenvalue weighted by molar-refractivity contribution is -0.128. The topological polar surface area (TPSA) is 56.7 Å². The number of piperidine rings is 1. The highest BCUT2D eigenvalue weighted by Crippen LogP contribution is 2.17. The van der Waals surface area contributed by atoms with Gasteiger partial charge < -0.3 is 15.5 Å². The molecule has 1 saturated heterocycles. The summed E-state index contributed by atoms with van der Waals surface area (Å²) in [6.45, 7) is 8.84. The van der Waals surface area contributed by atoms with Gasteiger partial charge in [0.2, 0.25) is 5.91 Å². The van der Waals surface area contributed by atoms with Crippen LogP contribution in [-0.4, -0.2) is 50.5 Å².